The van der Waals surface area contributed by atoms with E-state index in [4.69, 9.17) is 4.42 Å². The van der Waals surface area contributed by atoms with E-state index < -0.39 is 0 Å². The van der Waals surface area contributed by atoms with Crippen LogP contribution in [0.15, 0.2) is 77.4 Å². The Morgan fingerprint density at radius 3 is 2.41 bits per heavy atom. The number of aryl methyl sites for hydroxylation is 1. The summed E-state index contributed by atoms with van der Waals surface area (Å²) in [5, 5.41) is 5.58. The number of furan rings is 1. The molecule has 2 aromatic carbocycles. The van der Waals surface area contributed by atoms with Crippen LogP contribution in [-0.4, -0.2) is 11.8 Å². The summed E-state index contributed by atoms with van der Waals surface area (Å²) in [5.74, 6) is -0.209. The Hall–Kier alpha value is -3.60. The Bertz CT molecular complexity index is 925. The van der Waals surface area contributed by atoms with E-state index >= 15 is 0 Å². The Balaban J connectivity index is 1.48. The van der Waals surface area contributed by atoms with Gasteiger partial charge in [0, 0.05) is 18.3 Å². The third-order valence-electron chi connectivity index (χ3n) is 3.93. The minimum atomic E-state index is -0.303. The van der Waals surface area contributed by atoms with Crippen LogP contribution in [0.1, 0.15) is 27.2 Å². The number of rotatable bonds is 6. The number of anilines is 1. The second-order valence-corrected chi connectivity index (χ2v) is 6.09. The van der Waals surface area contributed by atoms with Crippen LogP contribution in [-0.2, 0) is 11.3 Å². The first-order valence-corrected chi connectivity index (χ1v) is 8.56. The minimum absolute atomic E-state index is 0.161. The normalized spacial score (nSPS) is 10.7. The number of benzene rings is 2. The van der Waals surface area contributed by atoms with Gasteiger partial charge in [-0.1, -0.05) is 42.0 Å². The van der Waals surface area contributed by atoms with Gasteiger partial charge in [0.25, 0.3) is 5.91 Å². The average molecular weight is 360 g/mol. The molecule has 2 amide bonds. The second-order valence-electron chi connectivity index (χ2n) is 6.09. The highest BCUT2D eigenvalue weighted by Gasteiger charge is 2.08. The molecule has 0 bridgehead atoms. The molecule has 0 saturated heterocycles. The molecule has 0 aliphatic rings. The van der Waals surface area contributed by atoms with E-state index in [2.05, 4.69) is 10.6 Å². The molecule has 0 spiro atoms. The van der Waals surface area contributed by atoms with Crippen molar-refractivity contribution in [1.82, 2.24) is 5.32 Å². The van der Waals surface area contributed by atoms with Crippen molar-refractivity contribution < 1.29 is 14.0 Å². The fraction of sp³-hybridized carbons (Fsp3) is 0.0909. The van der Waals surface area contributed by atoms with Gasteiger partial charge < -0.3 is 15.1 Å². The van der Waals surface area contributed by atoms with Crippen molar-refractivity contribution in [1.29, 1.82) is 0 Å². The van der Waals surface area contributed by atoms with E-state index in [0.717, 1.165) is 11.1 Å². The van der Waals surface area contributed by atoms with Gasteiger partial charge in [-0.15, -0.1) is 0 Å². The van der Waals surface area contributed by atoms with Crippen molar-refractivity contribution in [3.63, 3.8) is 0 Å². The van der Waals surface area contributed by atoms with Crippen LogP contribution in [0.2, 0.25) is 0 Å². The lowest BCUT2D eigenvalue weighted by molar-refractivity contribution is -0.116. The van der Waals surface area contributed by atoms with Crippen LogP contribution in [0, 0.1) is 6.92 Å². The van der Waals surface area contributed by atoms with Crippen molar-refractivity contribution in [2.75, 3.05) is 5.32 Å². The molecule has 0 radical (unpaired) electrons. The van der Waals surface area contributed by atoms with Gasteiger partial charge >= 0.3 is 0 Å². The molecular weight excluding hydrogens is 340 g/mol. The molecule has 5 nitrogen and oxygen atoms in total. The van der Waals surface area contributed by atoms with Gasteiger partial charge in [0.05, 0.1) is 6.26 Å². The molecule has 0 unspecified atom stereocenters. The lowest BCUT2D eigenvalue weighted by Crippen LogP contribution is -2.20. The number of hydrogen-bond acceptors (Lipinski definition) is 3. The molecule has 3 aromatic rings. The van der Waals surface area contributed by atoms with E-state index in [1.807, 2.05) is 43.3 Å². The van der Waals surface area contributed by atoms with E-state index in [1.165, 1.54) is 17.9 Å². The third-order valence-corrected chi connectivity index (χ3v) is 3.93. The summed E-state index contributed by atoms with van der Waals surface area (Å²) in [6.45, 7) is 2.43. The largest absolute Gasteiger partial charge is 0.459 e. The van der Waals surface area contributed by atoms with E-state index in [1.54, 1.807) is 30.3 Å². The lowest BCUT2D eigenvalue weighted by atomic mass is 10.1. The quantitative estimate of drug-likeness (QED) is 0.648. The molecule has 3 rings (SSSR count). The SMILES string of the molecule is Cc1ccc(/C=C/C(=O)NCc2ccc(NC(=O)c3ccco3)cc2)cc1. The molecule has 27 heavy (non-hydrogen) atoms. The van der Waals surface area contributed by atoms with Crippen LogP contribution in [0.3, 0.4) is 0 Å². The zero-order valence-corrected chi connectivity index (χ0v) is 14.9. The number of amides is 2. The molecule has 0 aliphatic carbocycles. The first kappa shape index (κ1) is 18.2. The molecule has 0 fully saturated rings. The second kappa shape index (κ2) is 8.67. The van der Waals surface area contributed by atoms with E-state index in [9.17, 15) is 9.59 Å². The summed E-state index contributed by atoms with van der Waals surface area (Å²) in [4.78, 5) is 23.8. The molecular formula is C22H20N2O3. The predicted molar refractivity (Wildman–Crippen MR) is 105 cm³/mol. The maximum absolute atomic E-state index is 11.9. The highest BCUT2D eigenvalue weighted by atomic mass is 16.3. The highest BCUT2D eigenvalue weighted by Crippen LogP contribution is 2.12. The Morgan fingerprint density at radius 1 is 1.00 bits per heavy atom. The summed E-state index contributed by atoms with van der Waals surface area (Å²) in [7, 11) is 0. The molecule has 1 aromatic heterocycles. The van der Waals surface area contributed by atoms with Gasteiger partial charge in [-0.2, -0.15) is 0 Å². The Kier molecular flexibility index (Phi) is 5.84. The van der Waals surface area contributed by atoms with Crippen LogP contribution in [0.5, 0.6) is 0 Å². The topological polar surface area (TPSA) is 71.3 Å². The fourth-order valence-corrected chi connectivity index (χ4v) is 2.40. The molecule has 2 N–H and O–H groups in total. The smallest absolute Gasteiger partial charge is 0.291 e. The zero-order valence-electron chi connectivity index (χ0n) is 14.9. The predicted octanol–water partition coefficient (Wildman–Crippen LogP) is 4.17. The van der Waals surface area contributed by atoms with Crippen molar-refractivity contribution in [3.05, 3.63) is 95.5 Å². The van der Waals surface area contributed by atoms with Gasteiger partial charge in [-0.3, -0.25) is 9.59 Å². The highest BCUT2D eigenvalue weighted by molar-refractivity contribution is 6.02. The number of carbonyl (C=O) groups excluding carboxylic acids is 2. The molecule has 5 heteroatoms. The standard InChI is InChI=1S/C22H20N2O3/c1-16-4-6-17(7-5-16)10-13-21(25)23-15-18-8-11-19(12-9-18)24-22(26)20-3-2-14-27-20/h2-14H,15H2,1H3,(H,23,25)(H,24,26)/b13-10+. The first-order valence-electron chi connectivity index (χ1n) is 8.56. The molecule has 0 aliphatic heterocycles. The maximum Gasteiger partial charge on any atom is 0.291 e. The van der Waals surface area contributed by atoms with Crippen LogP contribution >= 0.6 is 0 Å². The minimum Gasteiger partial charge on any atom is -0.459 e. The third kappa shape index (κ3) is 5.44. The van der Waals surface area contributed by atoms with Crippen molar-refractivity contribution in [3.8, 4) is 0 Å². The average Bonchev–Trinajstić information content (AvgIpc) is 3.22. The van der Waals surface area contributed by atoms with Crippen molar-refractivity contribution in [2.24, 2.45) is 0 Å². The van der Waals surface area contributed by atoms with Gasteiger partial charge in [0.15, 0.2) is 5.76 Å². The summed E-state index contributed by atoms with van der Waals surface area (Å²) >= 11 is 0. The summed E-state index contributed by atoms with van der Waals surface area (Å²) in [5.41, 5.74) is 3.75. The number of hydrogen-bond donors (Lipinski definition) is 2. The summed E-state index contributed by atoms with van der Waals surface area (Å²) in [6.07, 6.45) is 4.75. The summed E-state index contributed by atoms with van der Waals surface area (Å²) in [6, 6.07) is 18.5. The lowest BCUT2D eigenvalue weighted by Gasteiger charge is -2.06. The first-order chi connectivity index (χ1) is 13.1. The fourth-order valence-electron chi connectivity index (χ4n) is 2.40. The monoisotopic (exact) mass is 360 g/mol. The van der Waals surface area contributed by atoms with Gasteiger partial charge in [-0.25, -0.2) is 0 Å². The molecule has 136 valence electrons. The maximum atomic E-state index is 11.9. The molecule has 1 heterocycles. The van der Waals surface area contributed by atoms with Gasteiger partial charge in [0.1, 0.15) is 0 Å². The van der Waals surface area contributed by atoms with Crippen molar-refractivity contribution in [2.45, 2.75) is 13.5 Å². The zero-order chi connectivity index (χ0) is 19.1. The van der Waals surface area contributed by atoms with Crippen LogP contribution in [0.4, 0.5) is 5.69 Å². The Morgan fingerprint density at radius 2 is 1.74 bits per heavy atom. The van der Waals surface area contributed by atoms with Gasteiger partial charge in [0.2, 0.25) is 5.91 Å². The molecule has 0 atom stereocenters. The van der Waals surface area contributed by atoms with Crippen LogP contribution < -0.4 is 10.6 Å². The van der Waals surface area contributed by atoms with Crippen LogP contribution in [0.25, 0.3) is 6.08 Å². The van der Waals surface area contributed by atoms with E-state index in [0.29, 0.717) is 12.2 Å². The number of nitrogens with one attached hydrogen (secondary N) is 2. The van der Waals surface area contributed by atoms with E-state index in [-0.39, 0.29) is 17.6 Å². The Labute approximate surface area is 157 Å². The molecule has 0 saturated carbocycles. The van der Waals surface area contributed by atoms with Gasteiger partial charge in [-0.05, 0) is 48.4 Å². The summed E-state index contributed by atoms with van der Waals surface area (Å²) < 4.78 is 5.05. The van der Waals surface area contributed by atoms with Crippen molar-refractivity contribution >= 4 is 23.6 Å². The number of carbonyl (C=O) groups is 2.